The zero-order chi connectivity index (χ0) is 10.7. The second kappa shape index (κ2) is 4.59. The van der Waals surface area contributed by atoms with Gasteiger partial charge in [0.1, 0.15) is 5.82 Å². The van der Waals surface area contributed by atoms with Crippen molar-refractivity contribution in [1.82, 2.24) is 4.98 Å². The topological polar surface area (TPSA) is 34.1 Å². The predicted octanol–water partition coefficient (Wildman–Crippen LogP) is 2.74. The van der Waals surface area contributed by atoms with E-state index in [-0.39, 0.29) is 6.04 Å². The van der Waals surface area contributed by atoms with Crippen molar-refractivity contribution in [2.45, 2.75) is 13.0 Å². The van der Waals surface area contributed by atoms with Crippen LogP contribution < -0.4 is 5.32 Å². The van der Waals surface area contributed by atoms with Crippen molar-refractivity contribution in [1.29, 1.82) is 0 Å². The Bertz CT molecular complexity index is 441. The Labute approximate surface area is 93.1 Å². The SMILES string of the molecule is COCC(C)Nc1nccc2sccc12. The fraction of sp³-hybridized carbons (Fsp3) is 0.364. The molecule has 15 heavy (non-hydrogen) atoms. The first kappa shape index (κ1) is 10.4. The maximum absolute atomic E-state index is 5.08. The number of nitrogens with one attached hydrogen (secondary N) is 1. The molecule has 4 heteroatoms. The van der Waals surface area contributed by atoms with Crippen LogP contribution in [0.2, 0.25) is 0 Å². The number of hydrogen-bond donors (Lipinski definition) is 1. The van der Waals surface area contributed by atoms with Gasteiger partial charge in [-0.15, -0.1) is 11.3 Å². The Morgan fingerprint density at radius 2 is 2.40 bits per heavy atom. The van der Waals surface area contributed by atoms with E-state index in [4.69, 9.17) is 4.74 Å². The van der Waals surface area contributed by atoms with Crippen molar-refractivity contribution in [3.8, 4) is 0 Å². The molecule has 2 aromatic rings. The van der Waals surface area contributed by atoms with Gasteiger partial charge in [-0.1, -0.05) is 0 Å². The number of nitrogens with zero attached hydrogens (tertiary/aromatic N) is 1. The molecule has 0 bridgehead atoms. The molecule has 0 aliphatic rings. The number of anilines is 1. The van der Waals surface area contributed by atoms with E-state index in [0.717, 1.165) is 5.82 Å². The molecule has 80 valence electrons. The largest absolute Gasteiger partial charge is 0.383 e. The van der Waals surface area contributed by atoms with Gasteiger partial charge >= 0.3 is 0 Å². The van der Waals surface area contributed by atoms with E-state index in [1.54, 1.807) is 18.4 Å². The van der Waals surface area contributed by atoms with Gasteiger partial charge in [-0.3, -0.25) is 0 Å². The van der Waals surface area contributed by atoms with Crippen LogP contribution in [0.1, 0.15) is 6.92 Å². The third-order valence-corrected chi connectivity index (χ3v) is 3.06. The van der Waals surface area contributed by atoms with Crippen LogP contribution in [0.5, 0.6) is 0 Å². The number of hydrogen-bond acceptors (Lipinski definition) is 4. The molecule has 0 aliphatic carbocycles. The molecule has 0 radical (unpaired) electrons. The summed E-state index contributed by atoms with van der Waals surface area (Å²) in [6, 6.07) is 4.40. The first-order valence-corrected chi connectivity index (χ1v) is 5.77. The fourth-order valence-electron chi connectivity index (χ4n) is 1.53. The van der Waals surface area contributed by atoms with E-state index < -0.39 is 0 Å². The van der Waals surface area contributed by atoms with Crippen LogP contribution in [0.15, 0.2) is 23.7 Å². The van der Waals surface area contributed by atoms with Gasteiger partial charge in [-0.05, 0) is 24.4 Å². The molecular weight excluding hydrogens is 208 g/mol. The second-order valence-corrected chi connectivity index (χ2v) is 4.44. The van der Waals surface area contributed by atoms with E-state index >= 15 is 0 Å². The molecule has 2 heterocycles. The van der Waals surface area contributed by atoms with E-state index in [2.05, 4.69) is 28.7 Å². The van der Waals surface area contributed by atoms with Crippen LogP contribution >= 0.6 is 11.3 Å². The van der Waals surface area contributed by atoms with Crippen LogP contribution in [0.25, 0.3) is 10.1 Å². The first-order valence-electron chi connectivity index (χ1n) is 4.89. The first-order chi connectivity index (χ1) is 7.31. The molecular formula is C11H14N2OS. The van der Waals surface area contributed by atoms with Crippen molar-refractivity contribution in [2.24, 2.45) is 0 Å². The van der Waals surface area contributed by atoms with Crippen LogP contribution in [0.4, 0.5) is 5.82 Å². The summed E-state index contributed by atoms with van der Waals surface area (Å²) in [6.45, 7) is 2.76. The molecule has 0 fully saturated rings. The molecule has 2 rings (SSSR count). The standard InChI is InChI=1S/C11H14N2OS/c1-8(7-14-2)13-11-9-4-6-15-10(9)3-5-12-11/h3-6,8H,7H2,1-2H3,(H,12,13). The zero-order valence-electron chi connectivity index (χ0n) is 8.86. The normalized spacial score (nSPS) is 12.9. The smallest absolute Gasteiger partial charge is 0.134 e. The molecule has 1 atom stereocenters. The van der Waals surface area contributed by atoms with E-state index in [1.807, 2.05) is 12.3 Å². The van der Waals surface area contributed by atoms with Gasteiger partial charge in [0.05, 0.1) is 6.61 Å². The van der Waals surface area contributed by atoms with E-state index in [1.165, 1.54) is 10.1 Å². The van der Waals surface area contributed by atoms with Gasteiger partial charge in [0.2, 0.25) is 0 Å². The number of rotatable bonds is 4. The Morgan fingerprint density at radius 1 is 1.53 bits per heavy atom. The average molecular weight is 222 g/mol. The van der Waals surface area contributed by atoms with Gasteiger partial charge < -0.3 is 10.1 Å². The van der Waals surface area contributed by atoms with Gasteiger partial charge in [-0.2, -0.15) is 0 Å². The number of fused-ring (bicyclic) bond motifs is 1. The second-order valence-electron chi connectivity index (χ2n) is 3.49. The molecule has 0 spiro atoms. The third-order valence-electron chi connectivity index (χ3n) is 2.18. The summed E-state index contributed by atoms with van der Waals surface area (Å²) in [7, 11) is 1.71. The Morgan fingerprint density at radius 3 is 3.20 bits per heavy atom. The number of methoxy groups -OCH3 is 1. The lowest BCUT2D eigenvalue weighted by Crippen LogP contribution is -2.21. The summed E-state index contributed by atoms with van der Waals surface area (Å²) in [5, 5.41) is 6.61. The minimum Gasteiger partial charge on any atom is -0.383 e. The molecule has 3 nitrogen and oxygen atoms in total. The highest BCUT2D eigenvalue weighted by atomic mass is 32.1. The summed E-state index contributed by atoms with van der Waals surface area (Å²) in [5.41, 5.74) is 0. The van der Waals surface area contributed by atoms with Crippen LogP contribution in [0, 0.1) is 0 Å². The minimum absolute atomic E-state index is 0.271. The monoisotopic (exact) mass is 222 g/mol. The summed E-state index contributed by atoms with van der Waals surface area (Å²) in [4.78, 5) is 4.34. The van der Waals surface area contributed by atoms with E-state index in [9.17, 15) is 0 Å². The zero-order valence-corrected chi connectivity index (χ0v) is 9.67. The number of aromatic nitrogens is 1. The molecule has 0 amide bonds. The third kappa shape index (κ3) is 2.27. The van der Waals surface area contributed by atoms with Gasteiger partial charge in [0, 0.05) is 29.4 Å². The Hall–Kier alpha value is -1.13. The fourth-order valence-corrected chi connectivity index (χ4v) is 2.32. The molecule has 0 saturated heterocycles. The Balaban J connectivity index is 2.23. The average Bonchev–Trinajstić information content (AvgIpc) is 2.67. The summed E-state index contributed by atoms with van der Waals surface area (Å²) < 4.78 is 6.34. The Kier molecular flexibility index (Phi) is 3.18. The lowest BCUT2D eigenvalue weighted by Gasteiger charge is -2.13. The predicted molar refractivity (Wildman–Crippen MR) is 64.6 cm³/mol. The highest BCUT2D eigenvalue weighted by Gasteiger charge is 2.06. The molecule has 0 saturated carbocycles. The number of pyridine rings is 1. The van der Waals surface area contributed by atoms with Crippen molar-refractivity contribution in [2.75, 3.05) is 19.0 Å². The lowest BCUT2D eigenvalue weighted by atomic mass is 10.3. The quantitative estimate of drug-likeness (QED) is 0.863. The van der Waals surface area contributed by atoms with Crippen molar-refractivity contribution < 1.29 is 4.74 Å². The number of ether oxygens (including phenoxy) is 1. The maximum atomic E-state index is 5.08. The minimum atomic E-state index is 0.271. The van der Waals surface area contributed by atoms with E-state index in [0.29, 0.717) is 6.61 Å². The van der Waals surface area contributed by atoms with Crippen molar-refractivity contribution in [3.63, 3.8) is 0 Å². The molecule has 0 aliphatic heterocycles. The van der Waals surface area contributed by atoms with Crippen LogP contribution in [-0.2, 0) is 4.74 Å². The number of thiophene rings is 1. The van der Waals surface area contributed by atoms with Gasteiger partial charge in [-0.25, -0.2) is 4.98 Å². The van der Waals surface area contributed by atoms with Crippen LogP contribution in [0.3, 0.4) is 0 Å². The van der Waals surface area contributed by atoms with Gasteiger partial charge in [0.25, 0.3) is 0 Å². The molecule has 0 aromatic carbocycles. The highest BCUT2D eigenvalue weighted by Crippen LogP contribution is 2.25. The van der Waals surface area contributed by atoms with Crippen molar-refractivity contribution in [3.05, 3.63) is 23.7 Å². The highest BCUT2D eigenvalue weighted by molar-refractivity contribution is 7.17. The van der Waals surface area contributed by atoms with Gasteiger partial charge in [0.15, 0.2) is 0 Å². The molecule has 2 aromatic heterocycles. The summed E-state index contributed by atoms with van der Waals surface area (Å²) in [6.07, 6.45) is 1.83. The van der Waals surface area contributed by atoms with Crippen LogP contribution in [-0.4, -0.2) is 24.7 Å². The summed E-state index contributed by atoms with van der Waals surface area (Å²) >= 11 is 1.73. The molecule has 1 unspecified atom stereocenters. The lowest BCUT2D eigenvalue weighted by molar-refractivity contribution is 0.190. The molecule has 1 N–H and O–H groups in total. The maximum Gasteiger partial charge on any atom is 0.134 e. The van der Waals surface area contributed by atoms with Crippen molar-refractivity contribution >= 4 is 27.2 Å². The summed E-state index contributed by atoms with van der Waals surface area (Å²) in [5.74, 6) is 0.943.